The van der Waals surface area contributed by atoms with E-state index in [0.717, 1.165) is 25.2 Å². The molecule has 0 spiro atoms. The Kier molecular flexibility index (Phi) is 4.76. The Labute approximate surface area is 151 Å². The van der Waals surface area contributed by atoms with Gasteiger partial charge in [-0.25, -0.2) is 0 Å². The third-order valence-electron chi connectivity index (χ3n) is 5.92. The van der Waals surface area contributed by atoms with Gasteiger partial charge in [0.1, 0.15) is 0 Å². The van der Waals surface area contributed by atoms with Gasteiger partial charge in [-0.3, -0.25) is 4.98 Å². The molecule has 1 aromatic carbocycles. The molecule has 25 heavy (non-hydrogen) atoms. The van der Waals surface area contributed by atoms with Gasteiger partial charge in [0, 0.05) is 48.7 Å². The lowest BCUT2D eigenvalue weighted by Gasteiger charge is -2.38. The molecule has 4 rings (SSSR count). The Bertz CT molecular complexity index is 709. The van der Waals surface area contributed by atoms with Gasteiger partial charge in [-0.05, 0) is 49.4 Å². The molecule has 0 radical (unpaired) electrons. The van der Waals surface area contributed by atoms with Gasteiger partial charge in [0.05, 0.1) is 0 Å². The highest BCUT2D eigenvalue weighted by Crippen LogP contribution is 2.45. The van der Waals surface area contributed by atoms with E-state index < -0.39 is 0 Å². The minimum absolute atomic E-state index is 0.601. The van der Waals surface area contributed by atoms with E-state index in [1.807, 2.05) is 13.1 Å². The fourth-order valence-electron chi connectivity index (χ4n) is 4.63. The molecule has 1 aromatic heterocycles. The van der Waals surface area contributed by atoms with Gasteiger partial charge in [-0.2, -0.15) is 0 Å². The van der Waals surface area contributed by atoms with E-state index in [4.69, 9.17) is 0 Å². The number of pyridine rings is 1. The van der Waals surface area contributed by atoms with E-state index in [-0.39, 0.29) is 0 Å². The minimum Gasteiger partial charge on any atom is -0.366 e. The second-order valence-electron chi connectivity index (χ2n) is 7.61. The fraction of sp³-hybridized carbons (Fsp3) is 0.500. The summed E-state index contributed by atoms with van der Waals surface area (Å²) in [5.41, 5.74) is 5.45. The van der Waals surface area contributed by atoms with Crippen molar-refractivity contribution in [1.29, 1.82) is 0 Å². The number of nitrogens with zero attached hydrogens (tertiary/aromatic N) is 2. The van der Waals surface area contributed by atoms with Crippen LogP contribution in [-0.4, -0.2) is 30.2 Å². The summed E-state index contributed by atoms with van der Waals surface area (Å²) in [6.45, 7) is 6.52. The molecule has 3 nitrogen and oxygen atoms in total. The number of fused-ring (bicyclic) bond motifs is 3. The number of benzene rings is 1. The number of anilines is 1. The maximum atomic E-state index is 4.45. The van der Waals surface area contributed by atoms with Crippen LogP contribution in [0.2, 0.25) is 0 Å². The minimum atomic E-state index is 0.601. The van der Waals surface area contributed by atoms with Crippen molar-refractivity contribution in [3.8, 4) is 0 Å². The summed E-state index contributed by atoms with van der Waals surface area (Å²) in [5.74, 6) is 0.685. The van der Waals surface area contributed by atoms with Crippen LogP contribution in [0.3, 0.4) is 0 Å². The Morgan fingerprint density at radius 3 is 2.88 bits per heavy atom. The second kappa shape index (κ2) is 7.17. The molecule has 2 aliphatic heterocycles. The normalized spacial score (nSPS) is 24.9. The zero-order valence-corrected chi connectivity index (χ0v) is 15.4. The smallest absolute Gasteiger partial charge is 0.0484 e. The summed E-state index contributed by atoms with van der Waals surface area (Å²) in [6.07, 6.45) is 6.92. The molecule has 0 saturated carbocycles. The van der Waals surface area contributed by atoms with E-state index in [0.29, 0.717) is 18.0 Å². The lowest BCUT2D eigenvalue weighted by molar-refractivity contribution is 0.315. The predicted octanol–water partition coefficient (Wildman–Crippen LogP) is 4.07. The van der Waals surface area contributed by atoms with E-state index in [1.54, 1.807) is 5.56 Å². The molecule has 2 aromatic rings. The van der Waals surface area contributed by atoms with Gasteiger partial charge >= 0.3 is 0 Å². The van der Waals surface area contributed by atoms with Crippen LogP contribution < -0.4 is 10.2 Å². The molecule has 1 fully saturated rings. The summed E-state index contributed by atoms with van der Waals surface area (Å²) in [5, 5.41) is 3.81. The molecule has 0 aliphatic carbocycles. The summed E-state index contributed by atoms with van der Waals surface area (Å²) in [6, 6.07) is 14.7. The average molecular weight is 335 g/mol. The van der Waals surface area contributed by atoms with Gasteiger partial charge < -0.3 is 10.2 Å². The number of para-hydroxylation sites is 1. The highest BCUT2D eigenvalue weighted by atomic mass is 15.2. The largest absolute Gasteiger partial charge is 0.366 e. The molecule has 1 saturated heterocycles. The third kappa shape index (κ3) is 3.30. The van der Waals surface area contributed by atoms with Gasteiger partial charge in [0.25, 0.3) is 0 Å². The molecule has 3 heterocycles. The van der Waals surface area contributed by atoms with Crippen molar-refractivity contribution in [3.05, 3.63) is 59.4 Å². The molecular formula is C22H29N3. The third-order valence-corrected chi connectivity index (χ3v) is 5.92. The van der Waals surface area contributed by atoms with Crippen molar-refractivity contribution in [3.63, 3.8) is 0 Å². The average Bonchev–Trinajstić information content (AvgIpc) is 2.95. The Morgan fingerprint density at radius 2 is 2.08 bits per heavy atom. The molecule has 2 aliphatic rings. The molecule has 0 bridgehead atoms. The first-order valence-corrected chi connectivity index (χ1v) is 9.76. The Morgan fingerprint density at radius 1 is 1.20 bits per heavy atom. The van der Waals surface area contributed by atoms with Crippen molar-refractivity contribution in [2.45, 2.75) is 57.5 Å². The number of nitrogens with one attached hydrogen (secondary N) is 1. The number of hydrogen-bond donors (Lipinski definition) is 1. The summed E-state index contributed by atoms with van der Waals surface area (Å²) in [7, 11) is 0. The second-order valence-corrected chi connectivity index (χ2v) is 7.61. The number of hydrogen-bond acceptors (Lipinski definition) is 3. The van der Waals surface area contributed by atoms with Gasteiger partial charge in [-0.15, -0.1) is 0 Å². The molecule has 3 heteroatoms. The Balaban J connectivity index is 1.53. The molecule has 0 amide bonds. The maximum Gasteiger partial charge on any atom is 0.0484 e. The number of aryl methyl sites for hydroxylation is 1. The zero-order valence-electron chi connectivity index (χ0n) is 15.4. The van der Waals surface area contributed by atoms with E-state index in [1.165, 1.54) is 30.5 Å². The number of rotatable bonds is 5. The Hall–Kier alpha value is -1.87. The van der Waals surface area contributed by atoms with E-state index in [9.17, 15) is 0 Å². The molecule has 132 valence electrons. The summed E-state index contributed by atoms with van der Waals surface area (Å²) in [4.78, 5) is 7.10. The first kappa shape index (κ1) is 16.6. The van der Waals surface area contributed by atoms with E-state index in [2.05, 4.69) is 58.5 Å². The lowest BCUT2D eigenvalue weighted by Crippen LogP contribution is -2.51. The standard InChI is InChI=1S/C22H29N3/c1-3-6-18-13-20-19-7-4-5-8-21(19)25(22(20)15-24-18)12-11-17-10-9-16(2)23-14-17/h4-5,7-10,14,18,20,22,24H,3,6,11-13,15H2,1-2H3. The van der Waals surface area contributed by atoms with Crippen LogP contribution in [0.5, 0.6) is 0 Å². The van der Waals surface area contributed by atoms with Gasteiger partial charge in [0.2, 0.25) is 0 Å². The lowest BCUT2D eigenvalue weighted by atomic mass is 9.84. The molecular weight excluding hydrogens is 306 g/mol. The van der Waals surface area contributed by atoms with Crippen LogP contribution in [0.1, 0.15) is 48.9 Å². The predicted molar refractivity (Wildman–Crippen MR) is 104 cm³/mol. The fourth-order valence-corrected chi connectivity index (χ4v) is 4.63. The molecule has 1 N–H and O–H groups in total. The summed E-state index contributed by atoms with van der Waals surface area (Å²) < 4.78 is 0. The van der Waals surface area contributed by atoms with Crippen LogP contribution >= 0.6 is 0 Å². The van der Waals surface area contributed by atoms with Gasteiger partial charge in [0.15, 0.2) is 0 Å². The van der Waals surface area contributed by atoms with Crippen molar-refractivity contribution in [2.24, 2.45) is 0 Å². The highest BCUT2D eigenvalue weighted by Gasteiger charge is 2.41. The number of aromatic nitrogens is 1. The van der Waals surface area contributed by atoms with Crippen molar-refractivity contribution in [1.82, 2.24) is 10.3 Å². The number of piperidine rings is 1. The first-order chi connectivity index (χ1) is 12.3. The van der Waals surface area contributed by atoms with Crippen LogP contribution in [0.15, 0.2) is 42.6 Å². The highest BCUT2D eigenvalue weighted by molar-refractivity contribution is 5.62. The SMILES string of the molecule is CCCC1CC2c3ccccc3N(CCc3ccc(C)nc3)C2CN1. The first-order valence-electron chi connectivity index (χ1n) is 9.76. The molecule has 3 unspecified atom stereocenters. The monoisotopic (exact) mass is 335 g/mol. The van der Waals surface area contributed by atoms with Crippen LogP contribution in [-0.2, 0) is 6.42 Å². The van der Waals surface area contributed by atoms with Crippen LogP contribution in [0, 0.1) is 6.92 Å². The van der Waals surface area contributed by atoms with Gasteiger partial charge in [-0.1, -0.05) is 37.6 Å². The van der Waals surface area contributed by atoms with Crippen LogP contribution in [0.25, 0.3) is 0 Å². The van der Waals surface area contributed by atoms with Crippen molar-refractivity contribution in [2.75, 3.05) is 18.0 Å². The quantitative estimate of drug-likeness (QED) is 0.893. The summed E-state index contributed by atoms with van der Waals surface area (Å²) >= 11 is 0. The molecule has 3 atom stereocenters. The van der Waals surface area contributed by atoms with Crippen LogP contribution in [0.4, 0.5) is 5.69 Å². The van der Waals surface area contributed by atoms with E-state index >= 15 is 0 Å². The maximum absolute atomic E-state index is 4.45. The topological polar surface area (TPSA) is 28.2 Å². The zero-order chi connectivity index (χ0) is 17.2. The van der Waals surface area contributed by atoms with Crippen molar-refractivity contribution >= 4 is 5.69 Å². The van der Waals surface area contributed by atoms with Crippen molar-refractivity contribution < 1.29 is 0 Å².